The number of benzene rings is 1. The number of fused-ring (bicyclic) bond motifs is 2. The minimum absolute atomic E-state index is 0.0738. The lowest BCUT2D eigenvalue weighted by atomic mass is 9.96. The molecule has 0 bridgehead atoms. The van der Waals surface area contributed by atoms with Crippen LogP contribution in [-0.2, 0) is 4.79 Å². The summed E-state index contributed by atoms with van der Waals surface area (Å²) in [6.07, 6.45) is 7.04. The predicted octanol–water partition coefficient (Wildman–Crippen LogP) is 2.27. The smallest absolute Gasteiger partial charge is 0.347 e. The van der Waals surface area contributed by atoms with Crippen molar-refractivity contribution in [2.45, 2.75) is 0 Å². The average molecular weight is 320 g/mol. The van der Waals surface area contributed by atoms with E-state index in [0.717, 1.165) is 0 Å². The fraction of sp³-hybridized carbons (Fsp3) is 0.111. The Labute approximate surface area is 136 Å². The van der Waals surface area contributed by atoms with E-state index in [1.54, 1.807) is 48.6 Å². The van der Waals surface area contributed by atoms with Crippen LogP contribution >= 0.6 is 0 Å². The number of amidine groups is 1. The normalized spacial score (nSPS) is 19.0. The third kappa shape index (κ3) is 2.20. The molecular weight excluding hydrogens is 308 g/mol. The number of nitrogens with zero attached hydrogens (tertiary/aromatic N) is 2. The quantitative estimate of drug-likeness (QED) is 0.795. The molecule has 0 saturated heterocycles. The van der Waals surface area contributed by atoms with Crippen molar-refractivity contribution in [2.24, 2.45) is 15.9 Å². The summed E-state index contributed by atoms with van der Waals surface area (Å²) in [6, 6.07) is 6.89. The largest absolute Gasteiger partial charge is 0.493 e. The Morgan fingerprint density at radius 3 is 2.88 bits per heavy atom. The van der Waals surface area contributed by atoms with Gasteiger partial charge >= 0.3 is 5.63 Å². The van der Waals surface area contributed by atoms with E-state index in [1.165, 1.54) is 7.11 Å². The van der Waals surface area contributed by atoms with Gasteiger partial charge in [-0.05, 0) is 18.2 Å². The zero-order valence-corrected chi connectivity index (χ0v) is 12.7. The van der Waals surface area contributed by atoms with E-state index in [0.29, 0.717) is 22.4 Å². The maximum atomic E-state index is 12.4. The monoisotopic (exact) mass is 320 g/mol. The molecule has 118 valence electrons. The highest BCUT2D eigenvalue weighted by Crippen LogP contribution is 2.25. The van der Waals surface area contributed by atoms with Crippen LogP contribution in [0.15, 0.2) is 67.8 Å². The molecule has 1 unspecified atom stereocenters. The first-order valence-corrected chi connectivity index (χ1v) is 7.34. The maximum absolute atomic E-state index is 12.4. The van der Waals surface area contributed by atoms with E-state index in [4.69, 9.17) is 9.15 Å². The van der Waals surface area contributed by atoms with Crippen LogP contribution in [0.3, 0.4) is 0 Å². The molecule has 6 heteroatoms. The van der Waals surface area contributed by atoms with Crippen LogP contribution in [0, 0.1) is 5.92 Å². The van der Waals surface area contributed by atoms with Gasteiger partial charge in [0.05, 0.1) is 12.8 Å². The van der Waals surface area contributed by atoms with E-state index in [2.05, 4.69) is 9.98 Å². The highest BCUT2D eigenvalue weighted by atomic mass is 16.5. The lowest BCUT2D eigenvalue weighted by Crippen LogP contribution is -2.29. The van der Waals surface area contributed by atoms with Crippen molar-refractivity contribution >= 4 is 28.4 Å². The molecule has 6 nitrogen and oxygen atoms in total. The molecule has 0 fully saturated rings. The van der Waals surface area contributed by atoms with Crippen molar-refractivity contribution in [1.29, 1.82) is 0 Å². The summed E-state index contributed by atoms with van der Waals surface area (Å²) in [5.74, 6) is -0.290. The van der Waals surface area contributed by atoms with Gasteiger partial charge in [0.15, 0.2) is 17.2 Å². The number of aliphatic imine (C=N–C) groups is 2. The highest BCUT2D eigenvalue weighted by molar-refractivity contribution is 6.24. The summed E-state index contributed by atoms with van der Waals surface area (Å²) in [7, 11) is 1.50. The van der Waals surface area contributed by atoms with Gasteiger partial charge in [-0.1, -0.05) is 30.4 Å². The number of carbonyl (C=O) groups is 1. The summed E-state index contributed by atoms with van der Waals surface area (Å²) in [5.41, 5.74) is 0.454. The topological polar surface area (TPSA) is 81.2 Å². The first-order chi connectivity index (χ1) is 11.7. The SMILES string of the molecule is COc1cccc2cc(C3=NC(=O)C4C=CC=CC4=N3)c(=O)oc12. The van der Waals surface area contributed by atoms with Crippen LogP contribution in [-0.4, -0.2) is 24.6 Å². The molecule has 1 aromatic heterocycles. The lowest BCUT2D eigenvalue weighted by molar-refractivity contribution is -0.118. The number of methoxy groups -OCH3 is 1. The third-order valence-corrected chi connectivity index (χ3v) is 3.90. The summed E-state index contributed by atoms with van der Waals surface area (Å²) in [4.78, 5) is 32.8. The molecule has 4 rings (SSSR count). The Bertz CT molecular complexity index is 1040. The lowest BCUT2D eigenvalue weighted by Gasteiger charge is -2.17. The molecular formula is C18H12N2O4. The molecule has 1 amide bonds. The molecule has 1 aliphatic heterocycles. The second kappa shape index (κ2) is 5.42. The van der Waals surface area contributed by atoms with Crippen LogP contribution in [0.1, 0.15) is 5.56 Å². The van der Waals surface area contributed by atoms with Crippen LogP contribution in [0.5, 0.6) is 5.75 Å². The molecule has 1 atom stereocenters. The molecule has 24 heavy (non-hydrogen) atoms. The maximum Gasteiger partial charge on any atom is 0.347 e. The van der Waals surface area contributed by atoms with Gasteiger partial charge in [0.1, 0.15) is 11.5 Å². The number of amides is 1. The Balaban J connectivity index is 1.88. The average Bonchev–Trinajstić information content (AvgIpc) is 2.60. The fourth-order valence-electron chi connectivity index (χ4n) is 2.72. The van der Waals surface area contributed by atoms with Gasteiger partial charge in [0.2, 0.25) is 0 Å². The van der Waals surface area contributed by atoms with Gasteiger partial charge in [-0.25, -0.2) is 9.79 Å². The standard InChI is InChI=1S/C18H12N2O4/c1-23-14-8-4-5-10-9-12(18(22)24-15(10)14)16-19-13-7-3-2-6-11(13)17(21)20-16/h2-9,11H,1H3. The van der Waals surface area contributed by atoms with Crippen LogP contribution in [0.25, 0.3) is 11.0 Å². The van der Waals surface area contributed by atoms with Gasteiger partial charge in [-0.15, -0.1) is 0 Å². The van der Waals surface area contributed by atoms with E-state index in [1.807, 2.05) is 0 Å². The zero-order valence-electron chi connectivity index (χ0n) is 12.7. The molecule has 1 aromatic carbocycles. The first-order valence-electron chi connectivity index (χ1n) is 7.34. The van der Waals surface area contributed by atoms with E-state index >= 15 is 0 Å². The van der Waals surface area contributed by atoms with E-state index in [9.17, 15) is 9.59 Å². The molecule has 2 aliphatic rings. The Morgan fingerprint density at radius 2 is 2.04 bits per heavy atom. The number of carbonyl (C=O) groups excluding carboxylic acids is 1. The first kappa shape index (κ1) is 14.3. The van der Waals surface area contributed by atoms with Crippen LogP contribution in [0.4, 0.5) is 0 Å². The van der Waals surface area contributed by atoms with Crippen molar-refractivity contribution in [3.8, 4) is 5.75 Å². The second-order valence-corrected chi connectivity index (χ2v) is 5.36. The second-order valence-electron chi connectivity index (χ2n) is 5.36. The predicted molar refractivity (Wildman–Crippen MR) is 89.8 cm³/mol. The summed E-state index contributed by atoms with van der Waals surface area (Å²) in [5, 5.41) is 0.667. The minimum Gasteiger partial charge on any atom is -0.493 e. The molecule has 0 spiro atoms. The molecule has 2 heterocycles. The summed E-state index contributed by atoms with van der Waals surface area (Å²) < 4.78 is 10.6. The molecule has 0 radical (unpaired) electrons. The van der Waals surface area contributed by atoms with Gasteiger partial charge in [0, 0.05) is 5.39 Å². The van der Waals surface area contributed by atoms with Crippen molar-refractivity contribution in [3.63, 3.8) is 0 Å². The minimum atomic E-state index is -0.614. The Morgan fingerprint density at radius 1 is 1.17 bits per heavy atom. The highest BCUT2D eigenvalue weighted by Gasteiger charge is 2.28. The van der Waals surface area contributed by atoms with Gasteiger partial charge < -0.3 is 9.15 Å². The van der Waals surface area contributed by atoms with Gasteiger partial charge in [-0.2, -0.15) is 4.99 Å². The fourth-order valence-corrected chi connectivity index (χ4v) is 2.72. The third-order valence-electron chi connectivity index (χ3n) is 3.90. The number of hydrogen-bond donors (Lipinski definition) is 0. The number of allylic oxidation sites excluding steroid dienone is 3. The molecule has 2 aromatic rings. The molecule has 0 saturated carbocycles. The Kier molecular flexibility index (Phi) is 3.23. The number of rotatable bonds is 2. The molecule has 1 aliphatic carbocycles. The van der Waals surface area contributed by atoms with Crippen molar-refractivity contribution in [3.05, 3.63) is 64.6 Å². The number of hydrogen-bond acceptors (Lipinski definition) is 5. The summed E-state index contributed by atoms with van der Waals surface area (Å²) >= 11 is 0. The zero-order chi connectivity index (χ0) is 16.7. The number of para-hydroxylation sites is 1. The summed E-state index contributed by atoms with van der Waals surface area (Å²) in [6.45, 7) is 0. The Hall–Kier alpha value is -3.28. The van der Waals surface area contributed by atoms with Crippen molar-refractivity contribution in [1.82, 2.24) is 0 Å². The van der Waals surface area contributed by atoms with Crippen molar-refractivity contribution in [2.75, 3.05) is 7.11 Å². The molecule has 0 N–H and O–H groups in total. The van der Waals surface area contributed by atoms with E-state index in [-0.39, 0.29) is 17.3 Å². The number of ether oxygens (including phenoxy) is 1. The van der Waals surface area contributed by atoms with Crippen LogP contribution in [0.2, 0.25) is 0 Å². The van der Waals surface area contributed by atoms with Crippen molar-refractivity contribution < 1.29 is 13.9 Å². The van der Waals surface area contributed by atoms with Gasteiger partial charge in [-0.3, -0.25) is 4.79 Å². The van der Waals surface area contributed by atoms with E-state index < -0.39 is 11.5 Å². The van der Waals surface area contributed by atoms with Gasteiger partial charge in [0.25, 0.3) is 5.91 Å². The van der Waals surface area contributed by atoms with Crippen LogP contribution < -0.4 is 10.4 Å².